The first kappa shape index (κ1) is 16.4. The molecule has 0 bridgehead atoms. The van der Waals surface area contributed by atoms with E-state index in [1.807, 2.05) is 48.5 Å². The quantitative estimate of drug-likeness (QED) is 0.521. The molecule has 0 radical (unpaired) electrons. The summed E-state index contributed by atoms with van der Waals surface area (Å²) >= 11 is 0. The first-order chi connectivity index (χ1) is 13.3. The molecular formula is C22H14N4O. The van der Waals surface area contributed by atoms with Crippen molar-refractivity contribution in [3.63, 3.8) is 0 Å². The second-order valence-corrected chi connectivity index (χ2v) is 5.89. The number of imidazole rings is 1. The molecule has 0 aliphatic carbocycles. The van der Waals surface area contributed by atoms with Crippen molar-refractivity contribution in [2.45, 2.75) is 0 Å². The van der Waals surface area contributed by atoms with Gasteiger partial charge in [-0.1, -0.05) is 48.5 Å². The van der Waals surface area contributed by atoms with Crippen LogP contribution in [0, 0.1) is 11.3 Å². The van der Waals surface area contributed by atoms with E-state index in [1.165, 1.54) is 0 Å². The number of nitriles is 1. The van der Waals surface area contributed by atoms with Gasteiger partial charge in [-0.05, 0) is 23.8 Å². The fraction of sp³-hybridized carbons (Fsp3) is 0. The Labute approximate surface area is 156 Å². The monoisotopic (exact) mass is 350 g/mol. The van der Waals surface area contributed by atoms with E-state index in [1.54, 1.807) is 41.5 Å². The normalized spacial score (nSPS) is 10.3. The molecule has 2 aromatic heterocycles. The van der Waals surface area contributed by atoms with Crippen molar-refractivity contribution >= 4 is 5.78 Å². The molecule has 0 fully saturated rings. The molecular weight excluding hydrogens is 336 g/mol. The summed E-state index contributed by atoms with van der Waals surface area (Å²) in [5.41, 5.74) is 3.61. The van der Waals surface area contributed by atoms with Crippen LogP contribution in [0.15, 0.2) is 85.5 Å². The third-order valence-electron chi connectivity index (χ3n) is 4.23. The molecule has 0 saturated heterocycles. The minimum absolute atomic E-state index is 0.257. The lowest BCUT2D eigenvalue weighted by molar-refractivity contribution is 0.103. The van der Waals surface area contributed by atoms with Gasteiger partial charge in [-0.2, -0.15) is 5.26 Å². The average Bonchev–Trinajstić information content (AvgIpc) is 3.24. The summed E-state index contributed by atoms with van der Waals surface area (Å²) in [5.74, 6) is -0.257. The fourth-order valence-corrected chi connectivity index (χ4v) is 2.93. The summed E-state index contributed by atoms with van der Waals surface area (Å²) < 4.78 is 1.70. The molecule has 27 heavy (non-hydrogen) atoms. The Hall–Kier alpha value is -4.04. The Morgan fingerprint density at radius 1 is 0.889 bits per heavy atom. The van der Waals surface area contributed by atoms with E-state index < -0.39 is 0 Å². The number of rotatable bonds is 4. The van der Waals surface area contributed by atoms with Crippen LogP contribution in [0.3, 0.4) is 0 Å². The van der Waals surface area contributed by atoms with Gasteiger partial charge in [0.15, 0.2) is 0 Å². The molecule has 4 aromatic rings. The number of pyridine rings is 1. The zero-order valence-corrected chi connectivity index (χ0v) is 14.3. The van der Waals surface area contributed by atoms with E-state index in [-0.39, 0.29) is 11.5 Å². The van der Waals surface area contributed by atoms with E-state index in [4.69, 9.17) is 0 Å². The van der Waals surface area contributed by atoms with Crippen LogP contribution in [0.2, 0.25) is 0 Å². The van der Waals surface area contributed by atoms with Crippen LogP contribution in [-0.2, 0) is 0 Å². The van der Waals surface area contributed by atoms with E-state index in [0.29, 0.717) is 16.9 Å². The van der Waals surface area contributed by atoms with Crippen molar-refractivity contribution in [2.24, 2.45) is 0 Å². The van der Waals surface area contributed by atoms with E-state index in [2.05, 4.69) is 16.0 Å². The third kappa shape index (κ3) is 3.12. The predicted molar refractivity (Wildman–Crippen MR) is 101 cm³/mol. The van der Waals surface area contributed by atoms with Crippen LogP contribution in [0.5, 0.6) is 0 Å². The number of carbonyl (C=O) groups is 1. The molecule has 0 aliphatic rings. The van der Waals surface area contributed by atoms with Gasteiger partial charge in [-0.15, -0.1) is 0 Å². The van der Waals surface area contributed by atoms with Crippen LogP contribution in [0.25, 0.3) is 16.8 Å². The standard InChI is InChI=1S/C22H14N4O/c23-13-18-17(16-7-2-1-3-8-16)9-6-11-21(18)26-14-20(25-15-26)22(27)19-10-4-5-12-24-19/h1-12,14-15H. The zero-order chi connectivity index (χ0) is 18.6. The summed E-state index contributed by atoms with van der Waals surface area (Å²) in [6.45, 7) is 0. The highest BCUT2D eigenvalue weighted by molar-refractivity contribution is 6.06. The molecule has 128 valence electrons. The Kier molecular flexibility index (Phi) is 4.30. The van der Waals surface area contributed by atoms with Crippen molar-refractivity contribution in [1.29, 1.82) is 5.26 Å². The highest BCUT2D eigenvalue weighted by Gasteiger charge is 2.16. The van der Waals surface area contributed by atoms with Gasteiger partial charge in [0.05, 0.1) is 11.3 Å². The molecule has 0 saturated carbocycles. The predicted octanol–water partition coefficient (Wildman–Crippen LogP) is 4.04. The van der Waals surface area contributed by atoms with Gasteiger partial charge in [0.25, 0.3) is 0 Å². The lowest BCUT2D eigenvalue weighted by atomic mass is 9.99. The number of benzene rings is 2. The van der Waals surface area contributed by atoms with E-state index in [0.717, 1.165) is 11.1 Å². The molecule has 0 unspecified atom stereocenters. The van der Waals surface area contributed by atoms with Crippen molar-refractivity contribution in [2.75, 3.05) is 0 Å². The minimum Gasteiger partial charge on any atom is -0.304 e. The molecule has 5 heteroatoms. The molecule has 2 aromatic carbocycles. The van der Waals surface area contributed by atoms with Crippen LogP contribution in [-0.4, -0.2) is 20.3 Å². The maximum Gasteiger partial charge on any atom is 0.231 e. The van der Waals surface area contributed by atoms with Gasteiger partial charge in [-0.25, -0.2) is 4.98 Å². The number of aromatic nitrogens is 3. The van der Waals surface area contributed by atoms with Crippen LogP contribution < -0.4 is 0 Å². The first-order valence-corrected chi connectivity index (χ1v) is 8.36. The average molecular weight is 350 g/mol. The highest BCUT2D eigenvalue weighted by Crippen LogP contribution is 2.28. The number of nitrogens with zero attached hydrogens (tertiary/aromatic N) is 4. The zero-order valence-electron chi connectivity index (χ0n) is 14.3. The molecule has 0 amide bonds. The largest absolute Gasteiger partial charge is 0.304 e. The number of carbonyl (C=O) groups excluding carboxylic acids is 1. The molecule has 2 heterocycles. The maximum absolute atomic E-state index is 12.5. The summed E-state index contributed by atoms with van der Waals surface area (Å²) in [4.78, 5) is 20.8. The van der Waals surface area contributed by atoms with Crippen LogP contribution in [0.1, 0.15) is 21.7 Å². The Bertz CT molecular complexity index is 1140. The topological polar surface area (TPSA) is 71.6 Å². The summed E-state index contributed by atoms with van der Waals surface area (Å²) in [6, 6.07) is 22.8. The Balaban J connectivity index is 1.76. The molecule has 0 spiro atoms. The molecule has 0 N–H and O–H groups in total. The fourth-order valence-electron chi connectivity index (χ4n) is 2.93. The van der Waals surface area contributed by atoms with Gasteiger partial charge >= 0.3 is 0 Å². The van der Waals surface area contributed by atoms with Gasteiger partial charge < -0.3 is 4.57 Å². The van der Waals surface area contributed by atoms with Crippen molar-refractivity contribution in [1.82, 2.24) is 14.5 Å². The summed E-state index contributed by atoms with van der Waals surface area (Å²) in [5, 5.41) is 9.76. The SMILES string of the molecule is N#Cc1c(-c2ccccc2)cccc1-n1cnc(C(=O)c2ccccn2)c1. The van der Waals surface area contributed by atoms with E-state index in [9.17, 15) is 10.1 Å². The highest BCUT2D eigenvalue weighted by atomic mass is 16.1. The van der Waals surface area contributed by atoms with Gasteiger partial charge in [0.1, 0.15) is 23.8 Å². The summed E-state index contributed by atoms with van der Waals surface area (Å²) in [6.07, 6.45) is 4.74. The van der Waals surface area contributed by atoms with Crippen molar-refractivity contribution in [3.8, 4) is 22.9 Å². The summed E-state index contributed by atoms with van der Waals surface area (Å²) in [7, 11) is 0. The molecule has 4 rings (SSSR count). The lowest BCUT2D eigenvalue weighted by Gasteiger charge is -2.10. The molecule has 0 aliphatic heterocycles. The first-order valence-electron chi connectivity index (χ1n) is 8.36. The smallest absolute Gasteiger partial charge is 0.231 e. The van der Waals surface area contributed by atoms with Crippen molar-refractivity contribution < 1.29 is 4.79 Å². The van der Waals surface area contributed by atoms with E-state index >= 15 is 0 Å². The maximum atomic E-state index is 12.5. The molecule has 0 atom stereocenters. The number of ketones is 1. The second-order valence-electron chi connectivity index (χ2n) is 5.89. The molecule has 5 nitrogen and oxygen atoms in total. The van der Waals surface area contributed by atoms with Gasteiger partial charge in [0.2, 0.25) is 5.78 Å². The minimum atomic E-state index is -0.257. The van der Waals surface area contributed by atoms with Gasteiger partial charge in [-0.3, -0.25) is 9.78 Å². The lowest BCUT2D eigenvalue weighted by Crippen LogP contribution is -2.04. The van der Waals surface area contributed by atoms with Gasteiger partial charge in [0, 0.05) is 18.0 Å². The Morgan fingerprint density at radius 3 is 2.44 bits per heavy atom. The van der Waals surface area contributed by atoms with Crippen LogP contribution >= 0.6 is 0 Å². The second kappa shape index (κ2) is 7.06. The number of hydrogen-bond donors (Lipinski definition) is 0. The third-order valence-corrected chi connectivity index (χ3v) is 4.23. The van der Waals surface area contributed by atoms with Crippen molar-refractivity contribution in [3.05, 3.63) is 102 Å². The Morgan fingerprint density at radius 2 is 1.70 bits per heavy atom. The number of hydrogen-bond acceptors (Lipinski definition) is 4. The van der Waals surface area contributed by atoms with Crippen LogP contribution in [0.4, 0.5) is 0 Å².